The average molecular weight is 130 g/mol. The van der Waals surface area contributed by atoms with Gasteiger partial charge >= 0.3 is 5.95 Å². The summed E-state index contributed by atoms with van der Waals surface area (Å²) in [7, 11) is 0.623. The summed E-state index contributed by atoms with van der Waals surface area (Å²) >= 11 is 0. The van der Waals surface area contributed by atoms with Crippen LogP contribution in [-0.2, 0) is 14.2 Å². The molecule has 0 aliphatic carbocycles. The van der Waals surface area contributed by atoms with E-state index in [9.17, 15) is 0 Å². The molecular formula is C4H6O3Si. The van der Waals surface area contributed by atoms with Gasteiger partial charge in [0.25, 0.3) is 0 Å². The molecule has 0 radical (unpaired) electrons. The zero-order valence-electron chi connectivity index (χ0n) is 4.46. The molecule has 8 heavy (non-hydrogen) atoms. The maximum absolute atomic E-state index is 4.79. The molecule has 0 bridgehead atoms. The first kappa shape index (κ1) is 5.24. The van der Waals surface area contributed by atoms with Crippen LogP contribution in [0, 0.1) is 0 Å². The largest absolute Gasteiger partial charge is 0.526 e. The highest BCUT2D eigenvalue weighted by molar-refractivity contribution is 5.98. The molecule has 0 amide bonds. The second-order valence-corrected chi connectivity index (χ2v) is 1.61. The van der Waals surface area contributed by atoms with E-state index < -0.39 is 0 Å². The van der Waals surface area contributed by atoms with Crippen molar-refractivity contribution in [2.24, 2.45) is 0 Å². The summed E-state index contributed by atoms with van der Waals surface area (Å²) < 4.78 is 4.79. The van der Waals surface area contributed by atoms with E-state index >= 15 is 0 Å². The van der Waals surface area contributed by atoms with Crippen LogP contribution in [0.15, 0.2) is 24.4 Å². The van der Waals surface area contributed by atoms with Gasteiger partial charge in [-0.15, -0.1) is 0 Å². The minimum atomic E-state index is 0.430. The molecule has 4 heteroatoms. The summed E-state index contributed by atoms with van der Waals surface area (Å²) in [5.74, 6) is 0.430. The first-order chi connectivity index (χ1) is 3.93. The molecule has 1 aliphatic rings. The number of hydrogen-bond donors (Lipinski definition) is 0. The standard InChI is InChI=1S/C4H6O3Si/c8-7-4-2-1-3-5-6-4/h1-3H,8H3. The Morgan fingerprint density at radius 3 is 2.88 bits per heavy atom. The van der Waals surface area contributed by atoms with Crippen molar-refractivity contribution >= 4 is 10.5 Å². The highest BCUT2D eigenvalue weighted by atomic mass is 28.2. The van der Waals surface area contributed by atoms with Crippen LogP contribution in [-0.4, -0.2) is 10.5 Å². The van der Waals surface area contributed by atoms with Gasteiger partial charge in [0.05, 0.1) is 0 Å². The third kappa shape index (κ3) is 1.03. The molecule has 0 atom stereocenters. The van der Waals surface area contributed by atoms with Crippen molar-refractivity contribution in [1.82, 2.24) is 0 Å². The van der Waals surface area contributed by atoms with Gasteiger partial charge in [-0.1, -0.05) is 0 Å². The van der Waals surface area contributed by atoms with Gasteiger partial charge in [0.2, 0.25) is 10.5 Å². The SMILES string of the molecule is [SiH3]OC1=CC=COO1. The van der Waals surface area contributed by atoms with Crippen LogP contribution in [0.4, 0.5) is 0 Å². The van der Waals surface area contributed by atoms with Gasteiger partial charge in [0.15, 0.2) is 0 Å². The maximum atomic E-state index is 4.79. The highest BCUT2D eigenvalue weighted by Crippen LogP contribution is 2.03. The molecule has 0 aromatic carbocycles. The van der Waals surface area contributed by atoms with Gasteiger partial charge in [-0.2, -0.15) is 0 Å². The number of hydrogen-bond acceptors (Lipinski definition) is 3. The van der Waals surface area contributed by atoms with E-state index in [1.807, 2.05) is 0 Å². The van der Waals surface area contributed by atoms with E-state index in [0.717, 1.165) is 0 Å². The summed E-state index contributed by atoms with van der Waals surface area (Å²) in [5, 5.41) is 0. The van der Waals surface area contributed by atoms with E-state index in [0.29, 0.717) is 16.4 Å². The van der Waals surface area contributed by atoms with Crippen LogP contribution >= 0.6 is 0 Å². The third-order valence-corrected chi connectivity index (χ3v) is 1.10. The van der Waals surface area contributed by atoms with Crippen LogP contribution < -0.4 is 0 Å². The average Bonchev–Trinajstić information content (AvgIpc) is 1.90. The Morgan fingerprint density at radius 1 is 1.62 bits per heavy atom. The lowest BCUT2D eigenvalue weighted by Crippen LogP contribution is -1.95. The van der Waals surface area contributed by atoms with E-state index in [1.54, 1.807) is 12.2 Å². The van der Waals surface area contributed by atoms with Crippen molar-refractivity contribution in [3.8, 4) is 0 Å². The highest BCUT2D eigenvalue weighted by Gasteiger charge is 1.96. The number of allylic oxidation sites excluding steroid dienone is 2. The minimum absolute atomic E-state index is 0.430. The van der Waals surface area contributed by atoms with Crippen molar-refractivity contribution < 1.29 is 14.2 Å². The van der Waals surface area contributed by atoms with Crippen LogP contribution in [0.5, 0.6) is 0 Å². The molecule has 1 heterocycles. The second-order valence-electron chi connectivity index (χ2n) is 1.20. The Labute approximate surface area is 50.0 Å². The van der Waals surface area contributed by atoms with Crippen molar-refractivity contribution in [2.75, 3.05) is 0 Å². The fourth-order valence-electron chi connectivity index (χ4n) is 0.355. The Balaban J connectivity index is 2.50. The summed E-state index contributed by atoms with van der Waals surface area (Å²) in [4.78, 5) is 8.94. The van der Waals surface area contributed by atoms with Crippen molar-refractivity contribution in [2.45, 2.75) is 0 Å². The summed E-state index contributed by atoms with van der Waals surface area (Å²) in [6.45, 7) is 0. The Kier molecular flexibility index (Phi) is 1.58. The lowest BCUT2D eigenvalue weighted by molar-refractivity contribution is -0.240. The van der Waals surface area contributed by atoms with Crippen molar-refractivity contribution in [3.05, 3.63) is 24.4 Å². The van der Waals surface area contributed by atoms with E-state index in [-0.39, 0.29) is 0 Å². The molecule has 44 valence electrons. The quantitative estimate of drug-likeness (QED) is 0.357. The van der Waals surface area contributed by atoms with Gasteiger partial charge in [-0.25, -0.2) is 0 Å². The van der Waals surface area contributed by atoms with Gasteiger partial charge in [0.1, 0.15) is 6.26 Å². The Morgan fingerprint density at radius 2 is 2.50 bits per heavy atom. The summed E-state index contributed by atoms with van der Waals surface area (Å²) in [6.07, 6.45) is 4.83. The van der Waals surface area contributed by atoms with E-state index in [1.165, 1.54) is 6.26 Å². The zero-order valence-corrected chi connectivity index (χ0v) is 6.46. The molecule has 0 aromatic rings. The minimum Gasteiger partial charge on any atom is -0.526 e. The zero-order chi connectivity index (χ0) is 5.82. The Hall–Kier alpha value is -0.903. The lowest BCUT2D eigenvalue weighted by Gasteiger charge is -2.06. The van der Waals surface area contributed by atoms with E-state index in [4.69, 9.17) is 4.43 Å². The monoisotopic (exact) mass is 130 g/mol. The van der Waals surface area contributed by atoms with Crippen molar-refractivity contribution in [3.63, 3.8) is 0 Å². The number of rotatable bonds is 1. The molecule has 3 nitrogen and oxygen atoms in total. The third-order valence-electron chi connectivity index (χ3n) is 0.698. The maximum Gasteiger partial charge on any atom is 0.316 e. The van der Waals surface area contributed by atoms with Gasteiger partial charge < -0.3 is 4.43 Å². The van der Waals surface area contributed by atoms with Crippen LogP contribution in [0.1, 0.15) is 0 Å². The van der Waals surface area contributed by atoms with Gasteiger partial charge in [-0.05, 0) is 6.08 Å². The first-order valence-corrected chi connectivity index (χ1v) is 2.99. The fraction of sp³-hybridized carbons (Fsp3) is 0. The smallest absolute Gasteiger partial charge is 0.316 e. The summed E-state index contributed by atoms with van der Waals surface area (Å²) in [6, 6.07) is 0. The fourth-order valence-corrected chi connectivity index (χ4v) is 0.559. The summed E-state index contributed by atoms with van der Waals surface area (Å²) in [5.41, 5.74) is 0. The van der Waals surface area contributed by atoms with Crippen LogP contribution in [0.25, 0.3) is 0 Å². The van der Waals surface area contributed by atoms with Gasteiger partial charge in [0, 0.05) is 6.08 Å². The topological polar surface area (TPSA) is 27.7 Å². The molecular weight excluding hydrogens is 124 g/mol. The molecule has 0 fully saturated rings. The first-order valence-electron chi connectivity index (χ1n) is 2.17. The molecule has 0 saturated carbocycles. The molecule has 0 N–H and O–H groups in total. The van der Waals surface area contributed by atoms with Crippen LogP contribution in [0.2, 0.25) is 0 Å². The second kappa shape index (κ2) is 2.42. The van der Waals surface area contributed by atoms with Gasteiger partial charge in [-0.3, -0.25) is 9.78 Å². The predicted octanol–water partition coefficient (Wildman–Crippen LogP) is -0.400. The molecule has 0 saturated heterocycles. The molecule has 0 aromatic heterocycles. The molecule has 1 rings (SSSR count). The lowest BCUT2D eigenvalue weighted by atomic mass is 10.6. The van der Waals surface area contributed by atoms with Crippen LogP contribution in [0.3, 0.4) is 0 Å². The van der Waals surface area contributed by atoms with Crippen molar-refractivity contribution in [1.29, 1.82) is 0 Å². The molecule has 0 spiro atoms. The predicted molar refractivity (Wildman–Crippen MR) is 30.4 cm³/mol. The molecule has 1 aliphatic heterocycles. The molecule has 0 unspecified atom stereocenters. The normalized spacial score (nSPS) is 16.2. The van der Waals surface area contributed by atoms with E-state index in [2.05, 4.69) is 9.78 Å². The Bertz CT molecular complexity index is 129.